The van der Waals surface area contributed by atoms with E-state index in [0.717, 1.165) is 35.0 Å². The van der Waals surface area contributed by atoms with Crippen LogP contribution in [0.1, 0.15) is 56.2 Å². The maximum atomic E-state index is 13.6. The lowest BCUT2D eigenvalue weighted by molar-refractivity contribution is -0.137. The number of hydrogen-bond acceptors (Lipinski definition) is 3. The second-order valence-corrected chi connectivity index (χ2v) is 10.3. The largest absolute Gasteiger partial charge is 0.416 e. The average molecular weight is 503 g/mol. The third kappa shape index (κ3) is 4.87. The summed E-state index contributed by atoms with van der Waals surface area (Å²) in [5.41, 5.74) is 2.54. The molecule has 35 heavy (non-hydrogen) atoms. The number of benzene rings is 2. The van der Waals surface area contributed by atoms with Crippen LogP contribution in [-0.2, 0) is 15.8 Å². The third-order valence-corrected chi connectivity index (χ3v) is 6.86. The molecule has 0 radical (unpaired) electrons. The van der Waals surface area contributed by atoms with Crippen molar-refractivity contribution in [2.45, 2.75) is 52.6 Å². The van der Waals surface area contributed by atoms with Gasteiger partial charge in [0.15, 0.2) is 5.78 Å². The molecule has 2 aromatic rings. The van der Waals surface area contributed by atoms with Crippen LogP contribution >= 0.6 is 11.6 Å². The molecule has 1 amide bonds. The molecule has 1 aliphatic carbocycles. The number of aryl methyl sites for hydroxylation is 1. The van der Waals surface area contributed by atoms with Crippen LogP contribution in [0.25, 0.3) is 0 Å². The summed E-state index contributed by atoms with van der Waals surface area (Å²) >= 11 is 6.13. The summed E-state index contributed by atoms with van der Waals surface area (Å²) in [7, 11) is 0. The van der Waals surface area contributed by atoms with Crippen molar-refractivity contribution in [3.05, 3.63) is 86.7 Å². The standard InChI is InChI=1S/C27H26ClF3N2O2/c1-14-7-5-6-8-17(14)23-22(15(2)32-20-12-26(3,4)13-21(34)24(20)23)25(35)33-19-11-16(27(29,30)31)9-10-18(19)28/h5-11,23,32H,12-13H2,1-4H3,(H,33,35)/t23-/m1/s1. The normalized spacial score (nSPS) is 19.9. The molecule has 0 spiro atoms. The Balaban J connectivity index is 1.81. The number of allylic oxidation sites excluding steroid dienone is 3. The molecule has 0 saturated heterocycles. The summed E-state index contributed by atoms with van der Waals surface area (Å²) in [6.07, 6.45) is -3.61. The number of carbonyl (C=O) groups excluding carboxylic acids is 2. The molecule has 1 atom stereocenters. The van der Waals surface area contributed by atoms with Crippen LogP contribution in [-0.4, -0.2) is 11.7 Å². The number of nitrogens with one attached hydrogen (secondary N) is 2. The second-order valence-electron chi connectivity index (χ2n) is 9.93. The lowest BCUT2D eigenvalue weighted by atomic mass is 9.68. The molecule has 4 rings (SSSR count). The molecular weight excluding hydrogens is 477 g/mol. The molecule has 0 aromatic heterocycles. The molecule has 4 nitrogen and oxygen atoms in total. The van der Waals surface area contributed by atoms with Gasteiger partial charge in [0.1, 0.15) is 0 Å². The van der Waals surface area contributed by atoms with Crippen LogP contribution in [0.15, 0.2) is 65.0 Å². The summed E-state index contributed by atoms with van der Waals surface area (Å²) in [5.74, 6) is -1.32. The van der Waals surface area contributed by atoms with Gasteiger partial charge >= 0.3 is 6.18 Å². The molecule has 1 heterocycles. The van der Waals surface area contributed by atoms with Gasteiger partial charge in [-0.15, -0.1) is 0 Å². The maximum absolute atomic E-state index is 13.6. The van der Waals surface area contributed by atoms with Crippen molar-refractivity contribution >= 4 is 29.0 Å². The number of dihydropyridines is 1. The predicted octanol–water partition coefficient (Wildman–Crippen LogP) is 6.91. The van der Waals surface area contributed by atoms with Gasteiger partial charge in [0.05, 0.1) is 16.3 Å². The van der Waals surface area contributed by atoms with Crippen LogP contribution in [0.3, 0.4) is 0 Å². The van der Waals surface area contributed by atoms with E-state index in [1.54, 1.807) is 6.92 Å². The van der Waals surface area contributed by atoms with Crippen molar-refractivity contribution in [1.82, 2.24) is 5.32 Å². The summed E-state index contributed by atoms with van der Waals surface area (Å²) in [4.78, 5) is 27.0. The van der Waals surface area contributed by atoms with Crippen molar-refractivity contribution in [3.63, 3.8) is 0 Å². The molecule has 0 unspecified atom stereocenters. The number of rotatable bonds is 3. The fourth-order valence-corrected chi connectivity index (χ4v) is 5.11. The van der Waals surface area contributed by atoms with E-state index < -0.39 is 23.6 Å². The van der Waals surface area contributed by atoms with Crippen molar-refractivity contribution in [2.24, 2.45) is 5.41 Å². The smallest absolute Gasteiger partial charge is 0.362 e. The van der Waals surface area contributed by atoms with Gasteiger partial charge in [-0.3, -0.25) is 9.59 Å². The highest BCUT2D eigenvalue weighted by Crippen LogP contribution is 2.47. The topological polar surface area (TPSA) is 58.2 Å². The van der Waals surface area contributed by atoms with Crippen LogP contribution in [0.4, 0.5) is 18.9 Å². The van der Waals surface area contributed by atoms with Gasteiger partial charge in [-0.2, -0.15) is 13.2 Å². The number of halogens is 4. The van der Waals surface area contributed by atoms with E-state index in [4.69, 9.17) is 11.6 Å². The first-order valence-electron chi connectivity index (χ1n) is 11.3. The first kappa shape index (κ1) is 25.0. The quantitative estimate of drug-likeness (QED) is 0.479. The van der Waals surface area contributed by atoms with Gasteiger partial charge < -0.3 is 10.6 Å². The summed E-state index contributed by atoms with van der Waals surface area (Å²) < 4.78 is 39.8. The van der Waals surface area contributed by atoms with Gasteiger partial charge in [0, 0.05) is 34.9 Å². The fraction of sp³-hybridized carbons (Fsp3) is 0.333. The Morgan fingerprint density at radius 2 is 1.80 bits per heavy atom. The summed E-state index contributed by atoms with van der Waals surface area (Å²) in [6.45, 7) is 7.69. The average Bonchev–Trinajstić information content (AvgIpc) is 2.73. The van der Waals surface area contributed by atoms with Gasteiger partial charge in [0.2, 0.25) is 0 Å². The lowest BCUT2D eigenvalue weighted by Crippen LogP contribution is -2.39. The minimum absolute atomic E-state index is 0.0174. The minimum Gasteiger partial charge on any atom is -0.362 e. The summed E-state index contributed by atoms with van der Waals surface area (Å²) in [6, 6.07) is 10.3. The molecule has 0 saturated carbocycles. The molecule has 0 bridgehead atoms. The zero-order valence-electron chi connectivity index (χ0n) is 19.9. The molecule has 184 valence electrons. The molecular formula is C27H26ClF3N2O2. The Labute approximate surface area is 207 Å². The minimum atomic E-state index is -4.59. The van der Waals surface area contributed by atoms with E-state index in [2.05, 4.69) is 10.6 Å². The highest BCUT2D eigenvalue weighted by atomic mass is 35.5. The molecule has 1 aliphatic heterocycles. The van der Waals surface area contributed by atoms with E-state index in [-0.39, 0.29) is 27.5 Å². The number of Topliss-reactive ketones (excluding diaryl/α,β-unsaturated/α-hetero) is 1. The number of anilines is 1. The predicted molar refractivity (Wildman–Crippen MR) is 130 cm³/mol. The highest BCUT2D eigenvalue weighted by molar-refractivity contribution is 6.34. The lowest BCUT2D eigenvalue weighted by Gasteiger charge is -2.40. The molecule has 0 fully saturated rings. The van der Waals surface area contributed by atoms with E-state index in [1.165, 1.54) is 0 Å². The van der Waals surface area contributed by atoms with Gasteiger partial charge in [-0.05, 0) is 55.0 Å². The van der Waals surface area contributed by atoms with Crippen molar-refractivity contribution in [1.29, 1.82) is 0 Å². The number of carbonyl (C=O) groups is 2. The van der Waals surface area contributed by atoms with Crippen LogP contribution in [0.2, 0.25) is 5.02 Å². The first-order valence-corrected chi connectivity index (χ1v) is 11.6. The van der Waals surface area contributed by atoms with Crippen LogP contribution in [0.5, 0.6) is 0 Å². The van der Waals surface area contributed by atoms with Gasteiger partial charge in [0.25, 0.3) is 5.91 Å². The number of hydrogen-bond donors (Lipinski definition) is 2. The monoisotopic (exact) mass is 502 g/mol. The third-order valence-electron chi connectivity index (χ3n) is 6.53. The number of amides is 1. The van der Waals surface area contributed by atoms with Crippen molar-refractivity contribution in [3.8, 4) is 0 Å². The highest BCUT2D eigenvalue weighted by Gasteiger charge is 2.43. The molecule has 2 N–H and O–H groups in total. The van der Waals surface area contributed by atoms with E-state index in [0.29, 0.717) is 24.1 Å². The Bertz CT molecular complexity index is 1290. The van der Waals surface area contributed by atoms with E-state index in [1.807, 2.05) is 45.0 Å². The van der Waals surface area contributed by atoms with E-state index >= 15 is 0 Å². The number of alkyl halides is 3. The molecule has 2 aliphatic rings. The summed E-state index contributed by atoms with van der Waals surface area (Å²) in [5, 5.41) is 5.80. The van der Waals surface area contributed by atoms with Crippen molar-refractivity contribution in [2.75, 3.05) is 5.32 Å². The number of ketones is 1. The van der Waals surface area contributed by atoms with Gasteiger partial charge in [-0.1, -0.05) is 49.7 Å². The van der Waals surface area contributed by atoms with E-state index in [9.17, 15) is 22.8 Å². The molecule has 2 aromatic carbocycles. The first-order chi connectivity index (χ1) is 16.3. The second kappa shape index (κ2) is 8.86. The Morgan fingerprint density at radius 1 is 1.11 bits per heavy atom. The SMILES string of the molecule is CC1=C(C(=O)Nc2cc(C(F)(F)F)ccc2Cl)[C@@H](c2ccccc2C)C2=C(CC(C)(C)CC2=O)N1. The van der Waals surface area contributed by atoms with Crippen LogP contribution < -0.4 is 10.6 Å². The fourth-order valence-electron chi connectivity index (χ4n) is 4.95. The zero-order valence-corrected chi connectivity index (χ0v) is 20.6. The maximum Gasteiger partial charge on any atom is 0.416 e. The Kier molecular flexibility index (Phi) is 6.34. The van der Waals surface area contributed by atoms with Crippen molar-refractivity contribution < 1.29 is 22.8 Å². The molecule has 8 heteroatoms. The Morgan fingerprint density at radius 3 is 2.46 bits per heavy atom. The zero-order chi connectivity index (χ0) is 25.7. The van der Waals surface area contributed by atoms with Gasteiger partial charge in [-0.25, -0.2) is 0 Å². The Hall–Kier alpha value is -3.06. The van der Waals surface area contributed by atoms with Crippen LogP contribution in [0, 0.1) is 12.3 Å².